The van der Waals surface area contributed by atoms with Gasteiger partial charge in [-0.1, -0.05) is 18.2 Å². The van der Waals surface area contributed by atoms with Gasteiger partial charge in [-0.05, 0) is 87.0 Å². The summed E-state index contributed by atoms with van der Waals surface area (Å²) < 4.78 is 30.6. The number of sulfonamides is 1. The summed E-state index contributed by atoms with van der Waals surface area (Å²) in [4.78, 5) is 46.2. The van der Waals surface area contributed by atoms with E-state index >= 15 is 0 Å². The number of benzene rings is 2. The third-order valence-electron chi connectivity index (χ3n) is 10.6. The quantitative estimate of drug-likeness (QED) is 0.221. The first-order chi connectivity index (χ1) is 26.1. The van der Waals surface area contributed by atoms with Crippen LogP contribution in [0.15, 0.2) is 72.1 Å². The van der Waals surface area contributed by atoms with Crippen LogP contribution in [0.3, 0.4) is 0 Å². The molecule has 16 heteroatoms. The maximum absolute atomic E-state index is 13.6. The number of amides is 3. The molecule has 2 N–H and O–H groups in total. The van der Waals surface area contributed by atoms with Gasteiger partial charge in [0.1, 0.15) is 0 Å². The minimum Gasteiger partial charge on any atom is -0.351 e. The Bertz CT molecular complexity index is 2280. The van der Waals surface area contributed by atoms with Gasteiger partial charge in [0, 0.05) is 87.0 Å². The Morgan fingerprint density at radius 3 is 2.33 bits per heavy atom. The lowest BCUT2D eigenvalue weighted by Gasteiger charge is -2.32. The van der Waals surface area contributed by atoms with Crippen LogP contribution in [0.2, 0.25) is 0 Å². The second kappa shape index (κ2) is 14.8. The highest BCUT2D eigenvalue weighted by Crippen LogP contribution is 2.34. The Labute approximate surface area is 313 Å². The Hall–Kier alpha value is -5.32. The molecular formula is C38H43N11O4S. The number of anilines is 2. The molecule has 5 aromatic rings. The monoisotopic (exact) mass is 749 g/mol. The third-order valence-corrected chi connectivity index (χ3v) is 12.5. The number of aryl methyl sites for hydroxylation is 2. The van der Waals surface area contributed by atoms with Crippen LogP contribution in [0.5, 0.6) is 0 Å². The molecule has 2 aromatic carbocycles. The van der Waals surface area contributed by atoms with Crippen LogP contribution >= 0.6 is 0 Å². The number of rotatable bonds is 9. The van der Waals surface area contributed by atoms with Gasteiger partial charge in [-0.15, -0.1) is 0 Å². The Kier molecular flexibility index (Phi) is 9.81. The van der Waals surface area contributed by atoms with E-state index in [9.17, 15) is 18.0 Å². The number of likely N-dealkylation sites (tertiary alicyclic amines) is 1. The van der Waals surface area contributed by atoms with E-state index in [2.05, 4.69) is 52.7 Å². The van der Waals surface area contributed by atoms with E-state index in [0.717, 1.165) is 54.5 Å². The summed E-state index contributed by atoms with van der Waals surface area (Å²) in [5, 5.41) is 11.2. The van der Waals surface area contributed by atoms with Gasteiger partial charge in [0.2, 0.25) is 21.9 Å². The van der Waals surface area contributed by atoms with Gasteiger partial charge in [0.05, 0.1) is 10.4 Å². The number of imide groups is 1. The first kappa shape index (κ1) is 35.7. The van der Waals surface area contributed by atoms with Gasteiger partial charge < -0.3 is 5.32 Å². The first-order valence-electron chi connectivity index (χ1n) is 18.4. The standard InChI is InChI=1S/C38H43N11O4S/c1-25-20-41-37(42-21-25)43-30-10-15-48(16-11-30)54(52,53)31-5-3-4-29(18-31)35-39-22-26(23-40-35)24-47-13-8-27(9-14-47)28-6-7-32-33(19-28)46(2)45-36(32)49-17-12-34(50)44-38(49)51/h3-7,18-23,27,30H,8-17,24H2,1-2H3,(H,41,42,43)(H,44,50,51). The van der Waals surface area contributed by atoms with E-state index in [1.165, 1.54) is 10.5 Å². The number of carbonyl (C=O) groups is 2. The molecule has 3 aromatic heterocycles. The van der Waals surface area contributed by atoms with Crippen molar-refractivity contribution in [3.8, 4) is 11.4 Å². The number of nitrogens with zero attached hydrogens (tertiary/aromatic N) is 9. The minimum absolute atomic E-state index is 0.105. The molecule has 0 radical (unpaired) electrons. The maximum atomic E-state index is 13.6. The van der Waals surface area contributed by atoms with Crippen LogP contribution in [-0.2, 0) is 28.4 Å². The molecule has 0 aliphatic carbocycles. The maximum Gasteiger partial charge on any atom is 0.329 e. The lowest BCUT2D eigenvalue weighted by molar-refractivity contribution is -0.120. The van der Waals surface area contributed by atoms with Gasteiger partial charge in [-0.2, -0.15) is 9.40 Å². The van der Waals surface area contributed by atoms with E-state index in [-0.39, 0.29) is 23.3 Å². The van der Waals surface area contributed by atoms with Crippen LogP contribution in [0.25, 0.3) is 22.3 Å². The molecule has 0 spiro atoms. The number of urea groups is 1. The van der Waals surface area contributed by atoms with Crippen molar-refractivity contribution in [2.45, 2.75) is 62.4 Å². The molecule has 0 bridgehead atoms. The topological polar surface area (TPSA) is 171 Å². The van der Waals surface area contributed by atoms with Crippen molar-refractivity contribution in [2.24, 2.45) is 7.05 Å². The van der Waals surface area contributed by atoms with E-state index in [1.807, 2.05) is 38.5 Å². The summed E-state index contributed by atoms with van der Waals surface area (Å²) in [7, 11) is -1.81. The zero-order valence-electron chi connectivity index (χ0n) is 30.3. The van der Waals surface area contributed by atoms with Crippen LogP contribution < -0.4 is 15.5 Å². The summed E-state index contributed by atoms with van der Waals surface area (Å²) in [6.07, 6.45) is 10.8. The van der Waals surface area contributed by atoms with Crippen molar-refractivity contribution in [3.63, 3.8) is 0 Å². The fraction of sp³-hybridized carbons (Fsp3) is 0.395. The lowest BCUT2D eigenvalue weighted by atomic mass is 9.89. The number of carbonyl (C=O) groups excluding carboxylic acids is 2. The summed E-state index contributed by atoms with van der Waals surface area (Å²) in [5.41, 5.74) is 4.85. The van der Waals surface area contributed by atoms with Crippen molar-refractivity contribution < 1.29 is 18.0 Å². The predicted octanol–water partition coefficient (Wildman–Crippen LogP) is 4.22. The van der Waals surface area contributed by atoms with Crippen LogP contribution in [0.1, 0.15) is 54.7 Å². The average Bonchev–Trinajstić information content (AvgIpc) is 3.51. The number of nitrogens with one attached hydrogen (secondary N) is 2. The van der Waals surface area contributed by atoms with Gasteiger partial charge in [0.25, 0.3) is 0 Å². The molecule has 3 aliphatic heterocycles. The molecule has 3 aliphatic rings. The van der Waals surface area contributed by atoms with Gasteiger partial charge >= 0.3 is 6.03 Å². The molecule has 280 valence electrons. The number of fused-ring (bicyclic) bond motifs is 1. The zero-order valence-corrected chi connectivity index (χ0v) is 31.2. The highest BCUT2D eigenvalue weighted by molar-refractivity contribution is 7.89. The number of hydrogen-bond acceptors (Lipinski definition) is 11. The van der Waals surface area contributed by atoms with E-state index in [4.69, 9.17) is 0 Å². The molecule has 0 atom stereocenters. The highest BCUT2D eigenvalue weighted by atomic mass is 32.2. The van der Waals surface area contributed by atoms with Crippen molar-refractivity contribution in [2.75, 3.05) is 42.9 Å². The molecule has 0 unspecified atom stereocenters. The molecule has 0 saturated carbocycles. The molecular weight excluding hydrogens is 707 g/mol. The lowest BCUT2D eigenvalue weighted by Crippen LogP contribution is -2.49. The zero-order chi connectivity index (χ0) is 37.4. The Morgan fingerprint density at radius 2 is 1.61 bits per heavy atom. The molecule has 15 nitrogen and oxygen atoms in total. The summed E-state index contributed by atoms with van der Waals surface area (Å²) in [5.74, 6) is 1.75. The van der Waals surface area contributed by atoms with Crippen molar-refractivity contribution >= 4 is 44.6 Å². The number of hydrogen-bond donors (Lipinski definition) is 2. The minimum atomic E-state index is -3.69. The molecule has 3 fully saturated rings. The van der Waals surface area contributed by atoms with E-state index in [1.54, 1.807) is 39.6 Å². The number of piperidine rings is 2. The normalized spacial score (nSPS) is 18.3. The third kappa shape index (κ3) is 7.41. The SMILES string of the molecule is Cc1cnc(NC2CCN(S(=O)(=O)c3cccc(-c4ncc(CN5CCC(c6ccc7c(N8CCC(=O)NC8=O)nn(C)c7c6)CC5)cn4)c3)CC2)nc1. The van der Waals surface area contributed by atoms with Gasteiger partial charge in [0.15, 0.2) is 11.6 Å². The van der Waals surface area contributed by atoms with Gasteiger partial charge in [-0.25, -0.2) is 33.1 Å². The number of aromatic nitrogens is 6. The van der Waals surface area contributed by atoms with Crippen molar-refractivity contribution in [1.82, 2.24) is 44.2 Å². The highest BCUT2D eigenvalue weighted by Gasteiger charge is 2.31. The molecule has 8 rings (SSSR count). The molecule has 3 amide bonds. The molecule has 3 saturated heterocycles. The fourth-order valence-corrected chi connectivity index (χ4v) is 9.09. The fourth-order valence-electron chi connectivity index (χ4n) is 7.58. The van der Waals surface area contributed by atoms with Crippen LogP contribution in [0.4, 0.5) is 16.6 Å². The second-order valence-electron chi connectivity index (χ2n) is 14.4. The van der Waals surface area contributed by atoms with Crippen molar-refractivity contribution in [1.29, 1.82) is 0 Å². The molecule has 54 heavy (non-hydrogen) atoms. The first-order valence-corrected chi connectivity index (χ1v) is 19.8. The summed E-state index contributed by atoms with van der Waals surface area (Å²) in [6, 6.07) is 12.9. The van der Waals surface area contributed by atoms with Crippen molar-refractivity contribution in [3.05, 3.63) is 83.9 Å². The van der Waals surface area contributed by atoms with Crippen LogP contribution in [-0.4, -0.2) is 98.0 Å². The van der Waals surface area contributed by atoms with Crippen LogP contribution in [0, 0.1) is 6.92 Å². The van der Waals surface area contributed by atoms with E-state index in [0.29, 0.717) is 61.5 Å². The van der Waals surface area contributed by atoms with E-state index < -0.39 is 16.1 Å². The predicted molar refractivity (Wildman–Crippen MR) is 203 cm³/mol. The smallest absolute Gasteiger partial charge is 0.329 e. The summed E-state index contributed by atoms with van der Waals surface area (Å²) in [6.45, 7) is 5.65. The largest absolute Gasteiger partial charge is 0.351 e. The Balaban J connectivity index is 0.855. The van der Waals surface area contributed by atoms with Gasteiger partial charge in [-0.3, -0.25) is 24.6 Å². The summed E-state index contributed by atoms with van der Waals surface area (Å²) >= 11 is 0. The molecule has 6 heterocycles. The Morgan fingerprint density at radius 1 is 0.870 bits per heavy atom. The average molecular weight is 750 g/mol. The second-order valence-corrected chi connectivity index (χ2v) is 16.3.